The molecule has 0 N–H and O–H groups in total. The molecule has 0 heterocycles. The van der Waals surface area contributed by atoms with Crippen molar-refractivity contribution in [2.75, 3.05) is 12.4 Å². The van der Waals surface area contributed by atoms with Crippen molar-refractivity contribution < 1.29 is 4.74 Å². The normalized spacial score (nSPS) is 17.5. The van der Waals surface area contributed by atoms with E-state index >= 15 is 0 Å². The molecule has 0 aromatic rings. The van der Waals surface area contributed by atoms with Gasteiger partial charge in [0.05, 0.1) is 6.10 Å². The second-order valence-corrected chi connectivity index (χ2v) is 5.15. The lowest BCUT2D eigenvalue weighted by atomic mass is 9.79. The summed E-state index contributed by atoms with van der Waals surface area (Å²) in [5.41, 5.74) is 0.371. The molecule has 74 valence electrons. The van der Waals surface area contributed by atoms with Gasteiger partial charge in [0.15, 0.2) is 0 Å². The summed E-state index contributed by atoms with van der Waals surface area (Å²) in [5.74, 6) is 0.687. The van der Waals surface area contributed by atoms with E-state index in [2.05, 4.69) is 43.6 Å². The summed E-state index contributed by atoms with van der Waals surface area (Å²) in [4.78, 5) is 0. The van der Waals surface area contributed by atoms with Crippen LogP contribution in [-0.2, 0) is 4.74 Å². The van der Waals surface area contributed by atoms with Crippen molar-refractivity contribution in [1.29, 1.82) is 0 Å². The number of rotatable bonds is 4. The average Bonchev–Trinajstić information content (AvgIpc) is 1.97. The zero-order chi connectivity index (χ0) is 9.78. The Labute approximate surface area is 85.0 Å². The van der Waals surface area contributed by atoms with Gasteiger partial charge < -0.3 is 4.74 Å². The van der Waals surface area contributed by atoms with E-state index in [0.29, 0.717) is 17.4 Å². The van der Waals surface area contributed by atoms with Gasteiger partial charge in [-0.1, -0.05) is 36.7 Å². The van der Waals surface area contributed by atoms with E-state index < -0.39 is 0 Å². The van der Waals surface area contributed by atoms with E-state index in [1.54, 1.807) is 7.11 Å². The third-order valence-corrected chi connectivity index (χ3v) is 3.21. The molecule has 0 spiro atoms. The fraction of sp³-hybridized carbons (Fsp3) is 1.00. The van der Waals surface area contributed by atoms with Crippen LogP contribution in [0.1, 0.15) is 34.1 Å². The Bertz CT molecular complexity index is 117. The summed E-state index contributed by atoms with van der Waals surface area (Å²) in [6.07, 6.45) is 1.50. The SMILES string of the molecule is COC(C)CC(CBr)C(C)(C)C. The third-order valence-electron chi connectivity index (χ3n) is 2.43. The number of halogens is 1. The molecule has 0 aromatic heterocycles. The van der Waals surface area contributed by atoms with Gasteiger partial charge in [-0.2, -0.15) is 0 Å². The van der Waals surface area contributed by atoms with E-state index in [1.807, 2.05) is 0 Å². The fourth-order valence-corrected chi connectivity index (χ4v) is 2.38. The first-order valence-electron chi connectivity index (χ1n) is 4.50. The monoisotopic (exact) mass is 236 g/mol. The van der Waals surface area contributed by atoms with Gasteiger partial charge >= 0.3 is 0 Å². The van der Waals surface area contributed by atoms with Gasteiger partial charge in [0, 0.05) is 12.4 Å². The van der Waals surface area contributed by atoms with Crippen LogP contribution in [0.3, 0.4) is 0 Å². The molecule has 12 heavy (non-hydrogen) atoms. The van der Waals surface area contributed by atoms with Crippen LogP contribution in [0.5, 0.6) is 0 Å². The molecule has 0 aliphatic heterocycles. The Morgan fingerprint density at radius 3 is 2.08 bits per heavy atom. The van der Waals surface area contributed by atoms with Crippen LogP contribution in [0, 0.1) is 11.3 Å². The molecule has 2 heteroatoms. The Morgan fingerprint density at radius 1 is 1.33 bits per heavy atom. The van der Waals surface area contributed by atoms with Gasteiger partial charge in [0.25, 0.3) is 0 Å². The van der Waals surface area contributed by atoms with Crippen molar-refractivity contribution >= 4 is 15.9 Å². The summed E-state index contributed by atoms with van der Waals surface area (Å²) in [6.45, 7) is 8.96. The molecule has 0 aliphatic carbocycles. The maximum Gasteiger partial charge on any atom is 0.0546 e. The van der Waals surface area contributed by atoms with Crippen molar-refractivity contribution in [2.24, 2.45) is 11.3 Å². The highest BCUT2D eigenvalue weighted by Crippen LogP contribution is 2.31. The Morgan fingerprint density at radius 2 is 1.83 bits per heavy atom. The van der Waals surface area contributed by atoms with Crippen LogP contribution in [0.15, 0.2) is 0 Å². The van der Waals surface area contributed by atoms with Crippen molar-refractivity contribution in [3.63, 3.8) is 0 Å². The summed E-state index contributed by atoms with van der Waals surface area (Å²) in [7, 11) is 1.78. The maximum atomic E-state index is 5.26. The van der Waals surface area contributed by atoms with Gasteiger partial charge in [-0.15, -0.1) is 0 Å². The molecular formula is C10H21BrO. The van der Waals surface area contributed by atoms with Crippen molar-refractivity contribution in [1.82, 2.24) is 0 Å². The van der Waals surface area contributed by atoms with Gasteiger partial charge in [0.2, 0.25) is 0 Å². The highest BCUT2D eigenvalue weighted by molar-refractivity contribution is 9.09. The highest BCUT2D eigenvalue weighted by atomic mass is 79.9. The van der Waals surface area contributed by atoms with Crippen molar-refractivity contribution in [2.45, 2.75) is 40.2 Å². The Hall–Kier alpha value is 0.440. The molecule has 0 saturated carbocycles. The van der Waals surface area contributed by atoms with E-state index in [4.69, 9.17) is 4.74 Å². The van der Waals surface area contributed by atoms with Gasteiger partial charge in [-0.05, 0) is 24.7 Å². The Balaban J connectivity index is 4.00. The molecule has 0 aliphatic rings. The molecule has 0 amide bonds. The van der Waals surface area contributed by atoms with Crippen LogP contribution in [-0.4, -0.2) is 18.5 Å². The largest absolute Gasteiger partial charge is 0.382 e. The fourth-order valence-electron chi connectivity index (χ4n) is 1.14. The molecular weight excluding hydrogens is 216 g/mol. The topological polar surface area (TPSA) is 9.23 Å². The molecule has 0 saturated heterocycles. The van der Waals surface area contributed by atoms with Gasteiger partial charge in [-0.25, -0.2) is 0 Å². The van der Waals surface area contributed by atoms with Crippen LogP contribution in [0.4, 0.5) is 0 Å². The van der Waals surface area contributed by atoms with Crippen LogP contribution >= 0.6 is 15.9 Å². The van der Waals surface area contributed by atoms with Crippen LogP contribution < -0.4 is 0 Å². The van der Waals surface area contributed by atoms with Crippen molar-refractivity contribution in [3.05, 3.63) is 0 Å². The lowest BCUT2D eigenvalue weighted by molar-refractivity contribution is 0.0771. The molecule has 0 fully saturated rings. The van der Waals surface area contributed by atoms with Gasteiger partial charge in [0.1, 0.15) is 0 Å². The third kappa shape index (κ3) is 4.46. The van der Waals surface area contributed by atoms with E-state index in [0.717, 1.165) is 11.8 Å². The lowest BCUT2D eigenvalue weighted by Gasteiger charge is -2.30. The second-order valence-electron chi connectivity index (χ2n) is 4.50. The smallest absolute Gasteiger partial charge is 0.0546 e. The molecule has 1 nitrogen and oxygen atoms in total. The predicted molar refractivity (Wildman–Crippen MR) is 57.8 cm³/mol. The average molecular weight is 237 g/mol. The van der Waals surface area contributed by atoms with E-state index in [9.17, 15) is 0 Å². The lowest BCUT2D eigenvalue weighted by Crippen LogP contribution is -2.26. The number of hydrogen-bond acceptors (Lipinski definition) is 1. The van der Waals surface area contributed by atoms with Gasteiger partial charge in [-0.3, -0.25) is 0 Å². The number of hydrogen-bond donors (Lipinski definition) is 0. The zero-order valence-corrected chi connectivity index (χ0v) is 10.4. The number of methoxy groups -OCH3 is 1. The molecule has 0 aromatic carbocycles. The standard InChI is InChI=1S/C10H21BrO/c1-8(12-5)6-9(7-11)10(2,3)4/h8-9H,6-7H2,1-5H3. The predicted octanol–water partition coefficient (Wildman–Crippen LogP) is 3.47. The molecule has 2 atom stereocenters. The molecule has 0 bridgehead atoms. The minimum atomic E-state index is 0.367. The zero-order valence-electron chi connectivity index (χ0n) is 8.86. The quantitative estimate of drug-likeness (QED) is 0.680. The minimum Gasteiger partial charge on any atom is -0.382 e. The summed E-state index contributed by atoms with van der Waals surface area (Å²) < 4.78 is 5.26. The highest BCUT2D eigenvalue weighted by Gasteiger charge is 2.24. The summed E-state index contributed by atoms with van der Waals surface area (Å²) in [6, 6.07) is 0. The summed E-state index contributed by atoms with van der Waals surface area (Å²) in [5, 5.41) is 1.06. The number of alkyl halides is 1. The first kappa shape index (κ1) is 12.4. The molecule has 0 radical (unpaired) electrons. The van der Waals surface area contributed by atoms with E-state index in [-0.39, 0.29) is 0 Å². The summed E-state index contributed by atoms with van der Waals surface area (Å²) >= 11 is 3.55. The minimum absolute atomic E-state index is 0.367. The maximum absolute atomic E-state index is 5.26. The van der Waals surface area contributed by atoms with Crippen LogP contribution in [0.25, 0.3) is 0 Å². The van der Waals surface area contributed by atoms with E-state index in [1.165, 1.54) is 0 Å². The first-order chi connectivity index (χ1) is 5.41. The Kier molecular flexibility index (Phi) is 5.42. The number of ether oxygens (including phenoxy) is 1. The second kappa shape index (κ2) is 5.23. The first-order valence-corrected chi connectivity index (χ1v) is 5.62. The van der Waals surface area contributed by atoms with Crippen LogP contribution in [0.2, 0.25) is 0 Å². The molecule has 2 unspecified atom stereocenters. The molecule has 0 rings (SSSR count). The van der Waals surface area contributed by atoms with Crippen molar-refractivity contribution in [3.8, 4) is 0 Å².